The highest BCUT2D eigenvalue weighted by atomic mass is 16.5. The summed E-state index contributed by atoms with van der Waals surface area (Å²) in [6.07, 6.45) is 3.78. The van der Waals surface area contributed by atoms with Crippen LogP contribution in [0.25, 0.3) is 0 Å². The molecule has 1 aromatic heterocycles. The number of rotatable bonds is 7. The fraction of sp³-hybridized carbons (Fsp3) is 0.625. The summed E-state index contributed by atoms with van der Waals surface area (Å²) in [6, 6.07) is 3.43. The van der Waals surface area contributed by atoms with Crippen LogP contribution in [-0.2, 0) is 4.74 Å². The van der Waals surface area contributed by atoms with E-state index in [9.17, 15) is 4.79 Å². The Morgan fingerprint density at radius 3 is 2.73 bits per heavy atom. The molecule has 1 aliphatic heterocycles. The summed E-state index contributed by atoms with van der Waals surface area (Å²) in [5.41, 5.74) is 0.568. The second kappa shape index (κ2) is 8.70. The molecule has 0 spiro atoms. The van der Waals surface area contributed by atoms with Crippen molar-refractivity contribution in [1.29, 1.82) is 0 Å². The molecule has 122 valence electrons. The third-order valence-electron chi connectivity index (χ3n) is 4.08. The molecule has 1 amide bonds. The Labute approximate surface area is 131 Å². The normalized spacial score (nSPS) is 16.5. The van der Waals surface area contributed by atoms with Gasteiger partial charge in [-0.1, -0.05) is 0 Å². The number of carbonyl (C=O) groups is 1. The Balaban J connectivity index is 1.70. The molecule has 1 aromatic rings. The smallest absolute Gasteiger partial charge is 0.252 e. The number of carbonyl (C=O) groups excluding carboxylic acids is 1. The first-order valence-electron chi connectivity index (χ1n) is 7.72. The molecule has 6 heteroatoms. The van der Waals surface area contributed by atoms with Crippen molar-refractivity contribution < 1.29 is 14.3 Å². The number of piperidine rings is 1. The Morgan fingerprint density at radius 1 is 1.36 bits per heavy atom. The van der Waals surface area contributed by atoms with Gasteiger partial charge in [-0.25, -0.2) is 4.98 Å². The summed E-state index contributed by atoms with van der Waals surface area (Å²) in [5.74, 6) is 0.992. The third kappa shape index (κ3) is 4.96. The third-order valence-corrected chi connectivity index (χ3v) is 4.08. The average molecular weight is 307 g/mol. The topological polar surface area (TPSA) is 63.7 Å². The van der Waals surface area contributed by atoms with Gasteiger partial charge in [0.1, 0.15) is 0 Å². The molecule has 0 radical (unpaired) electrons. The van der Waals surface area contributed by atoms with Crippen LogP contribution in [0.2, 0.25) is 0 Å². The molecule has 1 N–H and O–H groups in total. The summed E-state index contributed by atoms with van der Waals surface area (Å²) >= 11 is 0. The monoisotopic (exact) mass is 307 g/mol. The standard InChI is InChI=1S/C16H25N3O3/c1-21-10-9-19-7-5-13(6-8-19)11-18-16(20)14-3-4-15(22-2)17-12-14/h3-4,12-13H,5-11H2,1-2H3,(H,18,20). The lowest BCUT2D eigenvalue weighted by atomic mass is 9.96. The van der Waals surface area contributed by atoms with Crippen LogP contribution in [0.5, 0.6) is 5.88 Å². The van der Waals surface area contributed by atoms with E-state index in [1.165, 1.54) is 0 Å². The maximum absolute atomic E-state index is 12.1. The highest BCUT2D eigenvalue weighted by Crippen LogP contribution is 2.16. The fourth-order valence-corrected chi connectivity index (χ4v) is 2.61. The molecule has 0 atom stereocenters. The number of hydrogen-bond donors (Lipinski definition) is 1. The molecule has 1 saturated heterocycles. The summed E-state index contributed by atoms with van der Waals surface area (Å²) < 4.78 is 10.1. The lowest BCUT2D eigenvalue weighted by Crippen LogP contribution is -2.39. The molecular weight excluding hydrogens is 282 g/mol. The zero-order chi connectivity index (χ0) is 15.8. The van der Waals surface area contributed by atoms with Crippen LogP contribution in [0.1, 0.15) is 23.2 Å². The first-order valence-corrected chi connectivity index (χ1v) is 7.72. The van der Waals surface area contributed by atoms with Crippen molar-refractivity contribution in [1.82, 2.24) is 15.2 Å². The summed E-state index contributed by atoms with van der Waals surface area (Å²) in [7, 11) is 3.29. The summed E-state index contributed by atoms with van der Waals surface area (Å²) in [6.45, 7) is 4.66. The summed E-state index contributed by atoms with van der Waals surface area (Å²) in [4.78, 5) is 18.5. The Hall–Kier alpha value is -1.66. The van der Waals surface area contributed by atoms with Crippen LogP contribution in [0.3, 0.4) is 0 Å². The largest absolute Gasteiger partial charge is 0.481 e. The van der Waals surface area contributed by atoms with Crippen molar-refractivity contribution in [2.45, 2.75) is 12.8 Å². The fourth-order valence-electron chi connectivity index (χ4n) is 2.61. The zero-order valence-corrected chi connectivity index (χ0v) is 13.4. The highest BCUT2D eigenvalue weighted by molar-refractivity contribution is 5.93. The minimum absolute atomic E-state index is 0.0723. The molecule has 2 rings (SSSR count). The van der Waals surface area contributed by atoms with Gasteiger partial charge in [0.25, 0.3) is 5.91 Å². The predicted molar refractivity (Wildman–Crippen MR) is 84.2 cm³/mol. The lowest BCUT2D eigenvalue weighted by Gasteiger charge is -2.31. The van der Waals surface area contributed by atoms with Crippen LogP contribution in [-0.4, -0.2) is 62.8 Å². The van der Waals surface area contributed by atoms with Gasteiger partial charge in [-0.05, 0) is 37.9 Å². The van der Waals surface area contributed by atoms with E-state index >= 15 is 0 Å². The minimum Gasteiger partial charge on any atom is -0.481 e. The maximum atomic E-state index is 12.1. The van der Waals surface area contributed by atoms with Gasteiger partial charge in [0.15, 0.2) is 0 Å². The molecule has 22 heavy (non-hydrogen) atoms. The van der Waals surface area contributed by atoms with Crippen molar-refractivity contribution in [3.8, 4) is 5.88 Å². The van der Waals surface area contributed by atoms with Crippen LogP contribution >= 0.6 is 0 Å². The van der Waals surface area contributed by atoms with Gasteiger partial charge < -0.3 is 19.7 Å². The van der Waals surface area contributed by atoms with Crippen molar-refractivity contribution in [2.75, 3.05) is 47.0 Å². The highest BCUT2D eigenvalue weighted by Gasteiger charge is 2.19. The molecule has 6 nitrogen and oxygen atoms in total. The zero-order valence-electron chi connectivity index (χ0n) is 13.4. The van der Waals surface area contributed by atoms with E-state index in [0.717, 1.165) is 45.6 Å². The molecule has 0 aliphatic carbocycles. The number of nitrogens with zero attached hydrogens (tertiary/aromatic N) is 2. The van der Waals surface area contributed by atoms with Crippen LogP contribution in [0.15, 0.2) is 18.3 Å². The van der Waals surface area contributed by atoms with Gasteiger partial charge in [-0.3, -0.25) is 4.79 Å². The summed E-state index contributed by atoms with van der Waals surface area (Å²) in [5, 5.41) is 3.00. The lowest BCUT2D eigenvalue weighted by molar-refractivity contribution is 0.0925. The van der Waals surface area contributed by atoms with Gasteiger partial charge in [-0.15, -0.1) is 0 Å². The molecule has 0 unspecified atom stereocenters. The van der Waals surface area contributed by atoms with E-state index in [4.69, 9.17) is 9.47 Å². The molecule has 0 saturated carbocycles. The van der Waals surface area contributed by atoms with Crippen LogP contribution in [0.4, 0.5) is 0 Å². The van der Waals surface area contributed by atoms with E-state index in [2.05, 4.69) is 15.2 Å². The van der Waals surface area contributed by atoms with Crippen LogP contribution in [0, 0.1) is 5.92 Å². The van der Waals surface area contributed by atoms with Gasteiger partial charge in [0.05, 0.1) is 19.3 Å². The number of ether oxygens (including phenoxy) is 2. The van der Waals surface area contributed by atoms with Gasteiger partial charge in [0.2, 0.25) is 5.88 Å². The number of nitrogens with one attached hydrogen (secondary N) is 1. The van der Waals surface area contributed by atoms with Crippen LogP contribution < -0.4 is 10.1 Å². The Morgan fingerprint density at radius 2 is 2.14 bits per heavy atom. The average Bonchev–Trinajstić information content (AvgIpc) is 2.58. The number of likely N-dealkylation sites (tertiary alicyclic amines) is 1. The van der Waals surface area contributed by atoms with E-state index in [0.29, 0.717) is 17.4 Å². The number of hydrogen-bond acceptors (Lipinski definition) is 5. The van der Waals surface area contributed by atoms with Crippen molar-refractivity contribution in [3.63, 3.8) is 0 Å². The van der Waals surface area contributed by atoms with E-state index in [-0.39, 0.29) is 5.91 Å². The van der Waals surface area contributed by atoms with Gasteiger partial charge in [0, 0.05) is 32.5 Å². The Kier molecular flexibility index (Phi) is 6.61. The van der Waals surface area contributed by atoms with Crippen molar-refractivity contribution >= 4 is 5.91 Å². The van der Waals surface area contributed by atoms with Gasteiger partial charge in [-0.2, -0.15) is 0 Å². The van der Waals surface area contributed by atoms with E-state index < -0.39 is 0 Å². The second-order valence-corrected chi connectivity index (χ2v) is 5.58. The molecule has 0 aromatic carbocycles. The quantitative estimate of drug-likeness (QED) is 0.819. The number of pyridine rings is 1. The molecule has 1 aliphatic rings. The molecule has 2 heterocycles. The SMILES string of the molecule is COCCN1CCC(CNC(=O)c2ccc(OC)nc2)CC1. The van der Waals surface area contributed by atoms with E-state index in [1.54, 1.807) is 32.5 Å². The second-order valence-electron chi connectivity index (χ2n) is 5.58. The predicted octanol–water partition coefficient (Wildman–Crippen LogP) is 1.18. The number of amides is 1. The number of methoxy groups -OCH3 is 2. The number of aromatic nitrogens is 1. The van der Waals surface area contributed by atoms with E-state index in [1.807, 2.05) is 0 Å². The van der Waals surface area contributed by atoms with Crippen molar-refractivity contribution in [3.05, 3.63) is 23.9 Å². The van der Waals surface area contributed by atoms with Gasteiger partial charge >= 0.3 is 0 Å². The first-order chi connectivity index (χ1) is 10.7. The minimum atomic E-state index is -0.0723. The van der Waals surface area contributed by atoms with Crippen molar-refractivity contribution in [2.24, 2.45) is 5.92 Å². The first kappa shape index (κ1) is 16.7. The molecule has 1 fully saturated rings. The molecule has 0 bridgehead atoms. The molecular formula is C16H25N3O3. The maximum Gasteiger partial charge on any atom is 0.252 e. The Bertz CT molecular complexity index is 456.